The van der Waals surface area contributed by atoms with Crippen LogP contribution in [0, 0.1) is 11.8 Å². The average molecular weight is 477 g/mol. The lowest BCUT2D eigenvalue weighted by Crippen LogP contribution is -2.47. The zero-order valence-corrected chi connectivity index (χ0v) is 19.4. The van der Waals surface area contributed by atoms with Crippen molar-refractivity contribution in [1.29, 1.82) is 0 Å². The Hall–Kier alpha value is -2.86. The molecule has 3 heterocycles. The van der Waals surface area contributed by atoms with E-state index >= 15 is 0 Å². The van der Waals surface area contributed by atoms with E-state index in [1.54, 1.807) is 19.1 Å². The van der Waals surface area contributed by atoms with Crippen molar-refractivity contribution in [2.75, 3.05) is 32.8 Å². The predicted molar refractivity (Wildman–Crippen MR) is 117 cm³/mol. The molecule has 0 bridgehead atoms. The minimum absolute atomic E-state index is 0.0557. The van der Waals surface area contributed by atoms with E-state index in [9.17, 15) is 18.0 Å². The second-order valence-electron chi connectivity index (χ2n) is 8.28. The SMILES string of the molecule is CCOC(=O)C1CCN(C(=O)C2CCN(S(=O)(=O)c3ccc(-n4cnnn4)cc3)CC2)CC1. The third kappa shape index (κ3) is 5.06. The van der Waals surface area contributed by atoms with Gasteiger partial charge in [0.1, 0.15) is 6.33 Å². The molecule has 4 rings (SSSR count). The number of nitrogens with zero attached hydrogens (tertiary/aromatic N) is 6. The van der Waals surface area contributed by atoms with Crippen molar-refractivity contribution in [2.24, 2.45) is 11.8 Å². The Morgan fingerprint density at radius 1 is 1.00 bits per heavy atom. The number of hydrogen-bond acceptors (Lipinski definition) is 8. The fourth-order valence-corrected chi connectivity index (χ4v) is 5.87. The summed E-state index contributed by atoms with van der Waals surface area (Å²) < 4.78 is 34.1. The number of carbonyl (C=O) groups excluding carboxylic acids is 2. The Morgan fingerprint density at radius 3 is 2.21 bits per heavy atom. The van der Waals surface area contributed by atoms with Gasteiger partial charge in [-0.25, -0.2) is 13.1 Å². The van der Waals surface area contributed by atoms with E-state index in [0.29, 0.717) is 64.2 Å². The highest BCUT2D eigenvalue weighted by Gasteiger charge is 2.35. The summed E-state index contributed by atoms with van der Waals surface area (Å²) in [5.74, 6) is -0.472. The standard InChI is InChI=1S/C21H28N6O5S/c1-2-32-21(29)17-7-11-25(12-8-17)20(28)16-9-13-26(14-10-16)33(30,31)19-5-3-18(4-6-19)27-15-22-23-24-27/h3-6,15-17H,2,7-14H2,1H3. The largest absolute Gasteiger partial charge is 0.466 e. The van der Waals surface area contributed by atoms with Gasteiger partial charge in [-0.2, -0.15) is 4.31 Å². The molecule has 0 N–H and O–H groups in total. The molecule has 1 amide bonds. The highest BCUT2D eigenvalue weighted by molar-refractivity contribution is 7.89. The fraction of sp³-hybridized carbons (Fsp3) is 0.571. The molecule has 33 heavy (non-hydrogen) atoms. The summed E-state index contributed by atoms with van der Waals surface area (Å²) in [6.45, 7) is 3.82. The lowest BCUT2D eigenvalue weighted by molar-refractivity contribution is -0.152. The zero-order valence-electron chi connectivity index (χ0n) is 18.5. The van der Waals surface area contributed by atoms with Gasteiger partial charge in [-0.1, -0.05) is 0 Å². The van der Waals surface area contributed by atoms with Crippen LogP contribution in [0.5, 0.6) is 0 Å². The topological polar surface area (TPSA) is 128 Å². The second-order valence-corrected chi connectivity index (χ2v) is 10.2. The Balaban J connectivity index is 1.31. The van der Waals surface area contributed by atoms with Gasteiger partial charge >= 0.3 is 5.97 Å². The molecule has 0 unspecified atom stereocenters. The van der Waals surface area contributed by atoms with E-state index in [0.717, 1.165) is 0 Å². The monoisotopic (exact) mass is 476 g/mol. The number of rotatable bonds is 6. The molecule has 0 atom stereocenters. The van der Waals surface area contributed by atoms with Crippen LogP contribution in [0.3, 0.4) is 0 Å². The third-order valence-electron chi connectivity index (χ3n) is 6.32. The molecular weight excluding hydrogens is 448 g/mol. The van der Waals surface area contributed by atoms with E-state index in [4.69, 9.17) is 4.74 Å². The number of likely N-dealkylation sites (tertiary alicyclic amines) is 1. The summed E-state index contributed by atoms with van der Waals surface area (Å²) >= 11 is 0. The molecule has 0 aliphatic carbocycles. The van der Waals surface area contributed by atoms with Crippen LogP contribution in [0.4, 0.5) is 0 Å². The first-order valence-corrected chi connectivity index (χ1v) is 12.6. The van der Waals surface area contributed by atoms with Gasteiger partial charge in [0.05, 0.1) is 23.1 Å². The summed E-state index contributed by atoms with van der Waals surface area (Å²) in [7, 11) is -3.65. The van der Waals surface area contributed by atoms with Gasteiger partial charge in [-0.05, 0) is 67.3 Å². The van der Waals surface area contributed by atoms with Gasteiger partial charge in [0.25, 0.3) is 0 Å². The maximum Gasteiger partial charge on any atom is 0.309 e. The molecule has 0 saturated carbocycles. The Morgan fingerprint density at radius 2 is 1.64 bits per heavy atom. The van der Waals surface area contributed by atoms with Gasteiger partial charge in [0.2, 0.25) is 15.9 Å². The van der Waals surface area contributed by atoms with Crippen LogP contribution in [0.2, 0.25) is 0 Å². The summed E-state index contributed by atoms with van der Waals surface area (Å²) in [6, 6.07) is 6.38. The van der Waals surface area contributed by atoms with Crippen LogP contribution in [0.15, 0.2) is 35.5 Å². The van der Waals surface area contributed by atoms with Crippen LogP contribution in [0.1, 0.15) is 32.6 Å². The summed E-state index contributed by atoms with van der Waals surface area (Å²) in [4.78, 5) is 26.9. The molecule has 2 aromatic rings. The first kappa shape index (κ1) is 23.3. The van der Waals surface area contributed by atoms with Crippen LogP contribution in [-0.2, 0) is 24.3 Å². The smallest absolute Gasteiger partial charge is 0.309 e. The van der Waals surface area contributed by atoms with Crippen molar-refractivity contribution in [3.05, 3.63) is 30.6 Å². The van der Waals surface area contributed by atoms with E-state index in [-0.39, 0.29) is 28.6 Å². The number of esters is 1. The molecule has 0 radical (unpaired) electrons. The molecule has 11 nitrogen and oxygen atoms in total. The number of sulfonamides is 1. The van der Waals surface area contributed by atoms with Crippen LogP contribution in [-0.4, -0.2) is 82.5 Å². The zero-order chi connectivity index (χ0) is 23.4. The molecule has 2 aliphatic rings. The van der Waals surface area contributed by atoms with Gasteiger partial charge in [-0.3, -0.25) is 9.59 Å². The molecule has 1 aromatic carbocycles. The van der Waals surface area contributed by atoms with Crippen LogP contribution >= 0.6 is 0 Å². The van der Waals surface area contributed by atoms with Crippen molar-refractivity contribution in [2.45, 2.75) is 37.5 Å². The van der Waals surface area contributed by atoms with Crippen molar-refractivity contribution in [1.82, 2.24) is 29.4 Å². The normalized spacial score (nSPS) is 18.9. The van der Waals surface area contributed by atoms with Gasteiger partial charge in [-0.15, -0.1) is 5.10 Å². The summed E-state index contributed by atoms with van der Waals surface area (Å²) in [5, 5.41) is 10.9. The van der Waals surface area contributed by atoms with Crippen molar-refractivity contribution in [3.63, 3.8) is 0 Å². The van der Waals surface area contributed by atoms with E-state index in [1.165, 1.54) is 27.4 Å². The molecular formula is C21H28N6O5S. The molecule has 178 valence electrons. The molecule has 1 aromatic heterocycles. The number of amides is 1. The molecule has 2 saturated heterocycles. The number of aromatic nitrogens is 4. The average Bonchev–Trinajstić information content (AvgIpc) is 3.39. The Kier molecular flexibility index (Phi) is 7.03. The third-order valence-corrected chi connectivity index (χ3v) is 8.23. The summed E-state index contributed by atoms with van der Waals surface area (Å²) in [6.07, 6.45) is 3.62. The van der Waals surface area contributed by atoms with E-state index in [1.807, 2.05) is 4.90 Å². The highest BCUT2D eigenvalue weighted by Crippen LogP contribution is 2.27. The Labute approximate surface area is 192 Å². The quantitative estimate of drug-likeness (QED) is 0.562. The van der Waals surface area contributed by atoms with Gasteiger partial charge in [0, 0.05) is 32.1 Å². The number of benzene rings is 1. The number of carbonyl (C=O) groups is 2. The van der Waals surface area contributed by atoms with Crippen LogP contribution in [0.25, 0.3) is 5.69 Å². The second kappa shape index (κ2) is 9.96. The fourth-order valence-electron chi connectivity index (χ4n) is 4.40. The Bertz CT molecular complexity index is 1060. The molecule has 2 aliphatic heterocycles. The maximum atomic E-state index is 13.1. The highest BCUT2D eigenvalue weighted by atomic mass is 32.2. The van der Waals surface area contributed by atoms with Crippen LogP contribution < -0.4 is 0 Å². The van der Waals surface area contributed by atoms with Crippen molar-refractivity contribution < 1.29 is 22.7 Å². The molecule has 12 heteroatoms. The van der Waals surface area contributed by atoms with E-state index in [2.05, 4.69) is 15.5 Å². The maximum absolute atomic E-state index is 13.1. The van der Waals surface area contributed by atoms with Gasteiger partial charge in [0.15, 0.2) is 0 Å². The first-order chi connectivity index (χ1) is 15.9. The number of ether oxygens (including phenoxy) is 1. The van der Waals surface area contributed by atoms with Crippen molar-refractivity contribution in [3.8, 4) is 5.69 Å². The van der Waals surface area contributed by atoms with E-state index < -0.39 is 10.0 Å². The molecule has 2 fully saturated rings. The first-order valence-electron chi connectivity index (χ1n) is 11.2. The molecule has 0 spiro atoms. The number of tetrazole rings is 1. The minimum Gasteiger partial charge on any atom is -0.466 e. The van der Waals surface area contributed by atoms with Crippen molar-refractivity contribution >= 4 is 21.9 Å². The minimum atomic E-state index is -3.65. The van der Waals surface area contributed by atoms with Gasteiger partial charge < -0.3 is 9.64 Å². The summed E-state index contributed by atoms with van der Waals surface area (Å²) in [5.41, 5.74) is 0.662. The lowest BCUT2D eigenvalue weighted by Gasteiger charge is -2.36. The number of hydrogen-bond donors (Lipinski definition) is 0. The number of piperidine rings is 2. The lowest BCUT2D eigenvalue weighted by atomic mass is 9.92. The predicted octanol–water partition coefficient (Wildman–Crippen LogP) is 0.865.